The number of nitrogens with two attached hydrogens (primary N) is 1. The van der Waals surface area contributed by atoms with Crippen LogP contribution in [-0.4, -0.2) is 23.7 Å². The number of carbonyl (C=O) groups is 1. The Bertz CT molecular complexity index is 406. The molecule has 0 aliphatic rings. The number of benzene rings is 1. The van der Waals surface area contributed by atoms with Gasteiger partial charge < -0.3 is 15.6 Å². The fourth-order valence-electron chi connectivity index (χ4n) is 1.29. The third kappa shape index (κ3) is 4.58. The highest BCUT2D eigenvalue weighted by Crippen LogP contribution is 2.13. The molecule has 0 saturated carbocycles. The maximum atomic E-state index is 10.6. The molecule has 0 unspecified atom stereocenters. The molecule has 4 heteroatoms. The number of hydrogen-bond acceptors (Lipinski definition) is 3. The van der Waals surface area contributed by atoms with E-state index in [0.29, 0.717) is 25.2 Å². The van der Waals surface area contributed by atoms with Crippen LogP contribution in [0.2, 0.25) is 0 Å². The van der Waals surface area contributed by atoms with Gasteiger partial charge in [-0.05, 0) is 24.1 Å². The van der Waals surface area contributed by atoms with Crippen LogP contribution in [0.25, 0.3) is 0 Å². The van der Waals surface area contributed by atoms with Crippen LogP contribution in [0.5, 0.6) is 5.75 Å². The normalized spacial score (nSPS) is 11.5. The van der Waals surface area contributed by atoms with Gasteiger partial charge >= 0.3 is 5.97 Å². The summed E-state index contributed by atoms with van der Waals surface area (Å²) in [5.74, 6) is 2.20. The molecule has 0 fully saturated rings. The van der Waals surface area contributed by atoms with Gasteiger partial charge in [0, 0.05) is 6.42 Å². The number of aliphatic carboxylic acids is 1. The minimum Gasteiger partial charge on any atom is -0.493 e. The van der Waals surface area contributed by atoms with Crippen LogP contribution < -0.4 is 10.5 Å². The Balaban J connectivity index is 2.50. The number of carboxylic acid groups (broad SMARTS) is 1. The van der Waals surface area contributed by atoms with Crippen molar-refractivity contribution in [2.24, 2.45) is 5.73 Å². The van der Waals surface area contributed by atoms with Gasteiger partial charge in [0.25, 0.3) is 0 Å². The van der Waals surface area contributed by atoms with E-state index in [1.807, 2.05) is 0 Å². The molecular weight excluding hydrogens is 218 g/mol. The summed E-state index contributed by atoms with van der Waals surface area (Å²) in [5.41, 5.74) is 6.30. The monoisotopic (exact) mass is 233 g/mol. The summed E-state index contributed by atoms with van der Waals surface area (Å²) in [6, 6.07) is 6.28. The van der Waals surface area contributed by atoms with Gasteiger partial charge in [-0.3, -0.25) is 4.79 Å². The molecule has 17 heavy (non-hydrogen) atoms. The van der Waals surface area contributed by atoms with Crippen LogP contribution in [0, 0.1) is 12.3 Å². The highest BCUT2D eigenvalue weighted by Gasteiger charge is 2.11. The van der Waals surface area contributed by atoms with Crippen molar-refractivity contribution < 1.29 is 14.6 Å². The van der Waals surface area contributed by atoms with Gasteiger partial charge in [-0.15, -0.1) is 12.3 Å². The molecule has 1 atom stereocenters. The van der Waals surface area contributed by atoms with Gasteiger partial charge in [0.15, 0.2) is 0 Å². The molecule has 90 valence electrons. The van der Waals surface area contributed by atoms with E-state index in [1.54, 1.807) is 24.3 Å². The maximum Gasteiger partial charge on any atom is 0.320 e. The Labute approximate surface area is 100 Å². The van der Waals surface area contributed by atoms with E-state index < -0.39 is 12.0 Å². The Kier molecular flexibility index (Phi) is 5.05. The average Bonchev–Trinajstić information content (AvgIpc) is 2.31. The molecular formula is C13H15NO3. The molecule has 1 aromatic rings. The SMILES string of the molecule is C#CCCOc1ccc(C[C@H](N)C(=O)O)cc1. The second-order valence-corrected chi connectivity index (χ2v) is 3.60. The Morgan fingerprint density at radius 2 is 2.12 bits per heavy atom. The molecule has 4 nitrogen and oxygen atoms in total. The third-order valence-corrected chi connectivity index (χ3v) is 2.21. The molecule has 0 saturated heterocycles. The molecule has 0 aliphatic carbocycles. The van der Waals surface area contributed by atoms with Crippen molar-refractivity contribution in [3.8, 4) is 18.1 Å². The molecule has 0 heterocycles. The molecule has 0 spiro atoms. The molecule has 0 aromatic heterocycles. The van der Waals surface area contributed by atoms with Gasteiger partial charge in [0.1, 0.15) is 11.8 Å². The van der Waals surface area contributed by atoms with Crippen LogP contribution in [0.3, 0.4) is 0 Å². The zero-order valence-electron chi connectivity index (χ0n) is 9.43. The zero-order chi connectivity index (χ0) is 12.7. The molecule has 1 aromatic carbocycles. The summed E-state index contributed by atoms with van der Waals surface area (Å²) in [7, 11) is 0. The fourth-order valence-corrected chi connectivity index (χ4v) is 1.29. The van der Waals surface area contributed by atoms with Crippen LogP contribution in [-0.2, 0) is 11.2 Å². The van der Waals surface area contributed by atoms with E-state index in [1.165, 1.54) is 0 Å². The van der Waals surface area contributed by atoms with Crippen LogP contribution in [0.1, 0.15) is 12.0 Å². The van der Waals surface area contributed by atoms with Gasteiger partial charge in [-0.1, -0.05) is 12.1 Å². The lowest BCUT2D eigenvalue weighted by Crippen LogP contribution is -2.32. The quantitative estimate of drug-likeness (QED) is 0.569. The van der Waals surface area contributed by atoms with Crippen molar-refractivity contribution >= 4 is 5.97 Å². The molecule has 0 bridgehead atoms. The highest BCUT2D eigenvalue weighted by atomic mass is 16.5. The number of terminal acetylenes is 1. The fraction of sp³-hybridized carbons (Fsp3) is 0.308. The smallest absolute Gasteiger partial charge is 0.320 e. The summed E-state index contributed by atoms with van der Waals surface area (Å²) in [5, 5.41) is 8.67. The van der Waals surface area contributed by atoms with Crippen molar-refractivity contribution in [3.63, 3.8) is 0 Å². The first kappa shape index (κ1) is 13.1. The van der Waals surface area contributed by atoms with E-state index in [9.17, 15) is 4.79 Å². The van der Waals surface area contributed by atoms with Gasteiger partial charge in [-0.2, -0.15) is 0 Å². The van der Waals surface area contributed by atoms with Crippen molar-refractivity contribution in [1.82, 2.24) is 0 Å². The first-order chi connectivity index (χ1) is 8.13. The van der Waals surface area contributed by atoms with Gasteiger partial charge in [-0.25, -0.2) is 0 Å². The van der Waals surface area contributed by atoms with E-state index in [2.05, 4.69) is 5.92 Å². The van der Waals surface area contributed by atoms with Crippen molar-refractivity contribution in [3.05, 3.63) is 29.8 Å². The lowest BCUT2D eigenvalue weighted by atomic mass is 10.1. The molecule has 1 rings (SSSR count). The van der Waals surface area contributed by atoms with Crippen molar-refractivity contribution in [2.75, 3.05) is 6.61 Å². The summed E-state index contributed by atoms with van der Waals surface area (Å²) < 4.78 is 5.36. The maximum absolute atomic E-state index is 10.6. The van der Waals surface area contributed by atoms with Gasteiger partial charge in [0.05, 0.1) is 6.61 Å². The predicted octanol–water partition coefficient (Wildman–Crippen LogP) is 1.04. The molecule has 0 aliphatic heterocycles. The van der Waals surface area contributed by atoms with Crippen molar-refractivity contribution in [1.29, 1.82) is 0 Å². The number of rotatable bonds is 6. The molecule has 3 N–H and O–H groups in total. The highest BCUT2D eigenvalue weighted by molar-refractivity contribution is 5.73. The first-order valence-electron chi connectivity index (χ1n) is 5.27. The lowest BCUT2D eigenvalue weighted by molar-refractivity contribution is -0.138. The summed E-state index contributed by atoms with van der Waals surface area (Å²) in [6.07, 6.45) is 5.97. The Hall–Kier alpha value is -1.99. The van der Waals surface area contributed by atoms with E-state index >= 15 is 0 Å². The van der Waals surface area contributed by atoms with Gasteiger partial charge in [0.2, 0.25) is 0 Å². The Morgan fingerprint density at radius 1 is 1.47 bits per heavy atom. The van der Waals surface area contributed by atoms with Crippen LogP contribution in [0.4, 0.5) is 0 Å². The largest absolute Gasteiger partial charge is 0.493 e. The minimum absolute atomic E-state index is 0.306. The number of ether oxygens (including phenoxy) is 1. The minimum atomic E-state index is -1.00. The van der Waals surface area contributed by atoms with Crippen LogP contribution >= 0.6 is 0 Å². The summed E-state index contributed by atoms with van der Waals surface area (Å²) in [6.45, 7) is 0.477. The zero-order valence-corrected chi connectivity index (χ0v) is 9.43. The second-order valence-electron chi connectivity index (χ2n) is 3.60. The summed E-state index contributed by atoms with van der Waals surface area (Å²) in [4.78, 5) is 10.6. The third-order valence-electron chi connectivity index (χ3n) is 2.21. The summed E-state index contributed by atoms with van der Waals surface area (Å²) >= 11 is 0. The van der Waals surface area contributed by atoms with Crippen molar-refractivity contribution in [2.45, 2.75) is 18.9 Å². The second kappa shape index (κ2) is 6.56. The lowest BCUT2D eigenvalue weighted by Gasteiger charge is -2.08. The van der Waals surface area contributed by atoms with E-state index in [0.717, 1.165) is 5.56 Å². The standard InChI is InChI=1S/C13H15NO3/c1-2-3-8-17-11-6-4-10(5-7-11)9-12(14)13(15)16/h1,4-7,12H,3,8-9,14H2,(H,15,16)/t12-/m0/s1. The topological polar surface area (TPSA) is 72.5 Å². The van der Waals surface area contributed by atoms with E-state index in [-0.39, 0.29) is 0 Å². The van der Waals surface area contributed by atoms with Crippen LogP contribution in [0.15, 0.2) is 24.3 Å². The Morgan fingerprint density at radius 3 is 2.65 bits per heavy atom. The predicted molar refractivity (Wildman–Crippen MR) is 64.7 cm³/mol. The number of carboxylic acids is 1. The average molecular weight is 233 g/mol. The molecule has 0 radical (unpaired) electrons. The van der Waals surface area contributed by atoms with E-state index in [4.69, 9.17) is 22.0 Å². The molecule has 0 amide bonds. The number of hydrogen-bond donors (Lipinski definition) is 2. The first-order valence-corrected chi connectivity index (χ1v) is 5.27.